The molecule has 1 fully saturated rings. The average Bonchev–Trinajstić information content (AvgIpc) is 2.44. The summed E-state index contributed by atoms with van der Waals surface area (Å²) in [6.45, 7) is 4.39. The third kappa shape index (κ3) is 2.70. The molecule has 0 saturated carbocycles. The zero-order valence-corrected chi connectivity index (χ0v) is 8.83. The van der Waals surface area contributed by atoms with Gasteiger partial charge in [-0.2, -0.15) is 0 Å². The number of likely N-dealkylation sites (tertiary alicyclic amines) is 1. The Morgan fingerprint density at radius 2 is 2.43 bits per heavy atom. The molecule has 1 heterocycles. The van der Waals surface area contributed by atoms with Crippen molar-refractivity contribution < 1.29 is 14.6 Å². The zero-order chi connectivity index (χ0) is 10.7. The summed E-state index contributed by atoms with van der Waals surface area (Å²) >= 11 is 5.65. The summed E-state index contributed by atoms with van der Waals surface area (Å²) in [5.41, 5.74) is 0. The van der Waals surface area contributed by atoms with E-state index in [0.29, 0.717) is 24.5 Å². The van der Waals surface area contributed by atoms with E-state index >= 15 is 0 Å². The lowest BCUT2D eigenvalue weighted by molar-refractivity contribution is -0.145. The number of carbonyl (C=O) groups is 1. The predicted octanol–water partition coefficient (Wildman–Crippen LogP) is 0.347. The molecule has 1 aliphatic rings. The van der Waals surface area contributed by atoms with Crippen LogP contribution < -0.4 is 0 Å². The normalized spacial score (nSPS) is 27.6. The molecule has 1 N–H and O–H groups in total. The number of hydrogen-bond acceptors (Lipinski definition) is 4. The number of hydrogen-bond donors (Lipinski definition) is 1. The van der Waals surface area contributed by atoms with Crippen LogP contribution in [-0.2, 0) is 9.53 Å². The van der Waals surface area contributed by atoms with Gasteiger partial charge in [0.1, 0.15) is 6.04 Å². The first-order valence-corrected chi connectivity index (χ1v) is 4.75. The Kier molecular flexibility index (Phi) is 3.92. The second-order valence-electron chi connectivity index (χ2n) is 3.38. The number of aliphatic hydroxyl groups is 1. The van der Waals surface area contributed by atoms with Gasteiger partial charge in [0.05, 0.1) is 13.2 Å². The molecule has 0 aromatic carbocycles. The summed E-state index contributed by atoms with van der Waals surface area (Å²) in [6.07, 6.45) is -0.0910. The highest BCUT2D eigenvalue weighted by molar-refractivity contribution is 6.29. The zero-order valence-electron chi connectivity index (χ0n) is 8.07. The number of rotatable bonds is 3. The molecule has 0 radical (unpaired) electrons. The fourth-order valence-corrected chi connectivity index (χ4v) is 1.81. The van der Waals surface area contributed by atoms with E-state index in [1.807, 2.05) is 0 Å². The average molecular weight is 220 g/mol. The number of carbonyl (C=O) groups excluding carboxylic acids is 1. The molecule has 1 rings (SSSR count). The van der Waals surface area contributed by atoms with E-state index in [1.165, 1.54) is 7.11 Å². The summed E-state index contributed by atoms with van der Waals surface area (Å²) < 4.78 is 4.63. The minimum absolute atomic E-state index is 0.334. The van der Waals surface area contributed by atoms with E-state index in [2.05, 4.69) is 11.3 Å². The summed E-state index contributed by atoms with van der Waals surface area (Å²) in [4.78, 5) is 13.1. The van der Waals surface area contributed by atoms with Crippen LogP contribution >= 0.6 is 11.6 Å². The fourth-order valence-electron chi connectivity index (χ4n) is 1.66. The first-order valence-electron chi connectivity index (χ1n) is 4.37. The van der Waals surface area contributed by atoms with E-state index in [-0.39, 0.29) is 5.97 Å². The first-order chi connectivity index (χ1) is 6.54. The minimum Gasteiger partial charge on any atom is -0.468 e. The largest absolute Gasteiger partial charge is 0.468 e. The van der Waals surface area contributed by atoms with Crippen molar-refractivity contribution in [3.05, 3.63) is 11.6 Å². The number of halogens is 1. The number of β-amino-alcohol motifs (C(OH)–C–C–N with tert-alkyl or cyclic N) is 1. The van der Waals surface area contributed by atoms with Crippen LogP contribution in [0.5, 0.6) is 0 Å². The Bertz CT molecular complexity index is 244. The van der Waals surface area contributed by atoms with E-state index in [4.69, 9.17) is 11.6 Å². The lowest BCUT2D eigenvalue weighted by Crippen LogP contribution is -2.37. The number of nitrogens with zero attached hydrogens (tertiary/aromatic N) is 1. The highest BCUT2D eigenvalue weighted by Crippen LogP contribution is 2.20. The van der Waals surface area contributed by atoms with Gasteiger partial charge in [-0.1, -0.05) is 18.2 Å². The van der Waals surface area contributed by atoms with E-state index < -0.39 is 12.1 Å². The lowest BCUT2D eigenvalue weighted by atomic mass is 10.2. The van der Waals surface area contributed by atoms with Crippen molar-refractivity contribution in [2.75, 3.05) is 20.2 Å². The smallest absolute Gasteiger partial charge is 0.323 e. The molecule has 80 valence electrons. The molecule has 0 bridgehead atoms. The maximum atomic E-state index is 11.3. The molecule has 1 saturated heterocycles. The van der Waals surface area contributed by atoms with E-state index in [9.17, 15) is 9.90 Å². The first kappa shape index (κ1) is 11.5. The Balaban J connectivity index is 2.62. The van der Waals surface area contributed by atoms with Gasteiger partial charge in [-0.3, -0.25) is 9.69 Å². The van der Waals surface area contributed by atoms with Crippen LogP contribution in [-0.4, -0.2) is 48.3 Å². The third-order valence-corrected chi connectivity index (χ3v) is 2.35. The third-order valence-electron chi connectivity index (χ3n) is 2.23. The van der Waals surface area contributed by atoms with Crippen molar-refractivity contribution in [3.63, 3.8) is 0 Å². The summed E-state index contributed by atoms with van der Waals surface area (Å²) in [5.74, 6) is -0.334. The van der Waals surface area contributed by atoms with Gasteiger partial charge in [-0.25, -0.2) is 0 Å². The Morgan fingerprint density at radius 1 is 1.79 bits per heavy atom. The van der Waals surface area contributed by atoms with Gasteiger partial charge in [0, 0.05) is 24.5 Å². The quantitative estimate of drug-likeness (QED) is 0.696. The SMILES string of the molecule is C=C(Cl)CN1C[C@H](O)C[C@H]1C(=O)OC. The second kappa shape index (κ2) is 4.77. The molecule has 0 aromatic rings. The van der Waals surface area contributed by atoms with Crippen LogP contribution in [0.15, 0.2) is 11.6 Å². The van der Waals surface area contributed by atoms with Gasteiger partial charge in [0.15, 0.2) is 0 Å². The minimum atomic E-state index is -0.491. The fraction of sp³-hybridized carbons (Fsp3) is 0.667. The predicted molar refractivity (Wildman–Crippen MR) is 53.0 cm³/mol. The Morgan fingerprint density at radius 3 is 2.93 bits per heavy atom. The Hall–Kier alpha value is -0.580. The number of methoxy groups -OCH3 is 1. The van der Waals surface area contributed by atoms with Gasteiger partial charge < -0.3 is 9.84 Å². The second-order valence-corrected chi connectivity index (χ2v) is 3.91. The van der Waals surface area contributed by atoms with Crippen LogP contribution in [0.25, 0.3) is 0 Å². The van der Waals surface area contributed by atoms with Crippen molar-refractivity contribution in [1.29, 1.82) is 0 Å². The highest BCUT2D eigenvalue weighted by Gasteiger charge is 2.36. The maximum absolute atomic E-state index is 11.3. The standard InChI is InChI=1S/C9H14ClNO3/c1-6(10)4-11-5-7(12)3-8(11)9(13)14-2/h7-8,12H,1,3-5H2,2H3/t7-,8+/m1/s1. The molecule has 0 spiro atoms. The van der Waals surface area contributed by atoms with Gasteiger partial charge in [-0.15, -0.1) is 0 Å². The topological polar surface area (TPSA) is 49.8 Å². The molecule has 5 heteroatoms. The highest BCUT2D eigenvalue weighted by atomic mass is 35.5. The molecule has 2 atom stereocenters. The monoisotopic (exact) mass is 219 g/mol. The van der Waals surface area contributed by atoms with Gasteiger partial charge in [-0.05, 0) is 0 Å². The number of aliphatic hydroxyl groups excluding tert-OH is 1. The summed E-state index contributed by atoms with van der Waals surface area (Å²) in [6, 6.07) is -0.398. The number of esters is 1. The number of ether oxygens (including phenoxy) is 1. The maximum Gasteiger partial charge on any atom is 0.323 e. The van der Waals surface area contributed by atoms with Gasteiger partial charge in [0.2, 0.25) is 0 Å². The van der Waals surface area contributed by atoms with Gasteiger partial charge in [0.25, 0.3) is 0 Å². The molecular weight excluding hydrogens is 206 g/mol. The van der Waals surface area contributed by atoms with E-state index in [1.54, 1.807) is 4.90 Å². The molecule has 0 unspecified atom stereocenters. The van der Waals surface area contributed by atoms with Crippen LogP contribution in [0.1, 0.15) is 6.42 Å². The van der Waals surface area contributed by atoms with Crippen LogP contribution in [0.3, 0.4) is 0 Å². The van der Waals surface area contributed by atoms with Crippen LogP contribution in [0, 0.1) is 0 Å². The van der Waals surface area contributed by atoms with Crippen LogP contribution in [0.2, 0.25) is 0 Å². The molecule has 0 aromatic heterocycles. The van der Waals surface area contributed by atoms with Crippen molar-refractivity contribution in [1.82, 2.24) is 4.90 Å². The Labute approximate surface area is 88.1 Å². The van der Waals surface area contributed by atoms with Crippen molar-refractivity contribution in [2.24, 2.45) is 0 Å². The van der Waals surface area contributed by atoms with E-state index in [0.717, 1.165) is 0 Å². The van der Waals surface area contributed by atoms with Gasteiger partial charge >= 0.3 is 5.97 Å². The van der Waals surface area contributed by atoms with Crippen molar-refractivity contribution >= 4 is 17.6 Å². The molecule has 14 heavy (non-hydrogen) atoms. The summed E-state index contributed by atoms with van der Waals surface area (Å²) in [7, 11) is 1.33. The van der Waals surface area contributed by atoms with Crippen LogP contribution in [0.4, 0.5) is 0 Å². The summed E-state index contributed by atoms with van der Waals surface area (Å²) in [5, 5.41) is 9.86. The molecular formula is C9H14ClNO3. The molecule has 0 amide bonds. The molecule has 0 aliphatic carbocycles. The molecule has 4 nitrogen and oxygen atoms in total. The lowest BCUT2D eigenvalue weighted by Gasteiger charge is -2.20. The van der Waals surface area contributed by atoms with Crippen molar-refractivity contribution in [2.45, 2.75) is 18.6 Å². The van der Waals surface area contributed by atoms with Crippen molar-refractivity contribution in [3.8, 4) is 0 Å². The molecule has 1 aliphatic heterocycles.